The minimum Gasteiger partial charge on any atom is -0.337 e. The SMILES string of the molecule is CC1NC2(CCNCC2)NC1=O. The summed E-state index contributed by atoms with van der Waals surface area (Å²) in [5, 5.41) is 9.62. The topological polar surface area (TPSA) is 53.2 Å². The Bertz CT molecular complexity index is 198. The molecule has 68 valence electrons. The van der Waals surface area contributed by atoms with E-state index in [9.17, 15) is 4.79 Å². The molecule has 0 aliphatic carbocycles. The van der Waals surface area contributed by atoms with Crippen molar-refractivity contribution in [2.75, 3.05) is 13.1 Å². The van der Waals surface area contributed by atoms with Crippen LogP contribution in [0.2, 0.25) is 0 Å². The molecule has 1 atom stereocenters. The Hall–Kier alpha value is -0.610. The minimum atomic E-state index is -0.0955. The van der Waals surface area contributed by atoms with Crippen LogP contribution >= 0.6 is 0 Å². The highest BCUT2D eigenvalue weighted by Crippen LogP contribution is 2.19. The second-order valence-electron chi connectivity index (χ2n) is 3.69. The summed E-state index contributed by atoms with van der Waals surface area (Å²) in [5.74, 6) is 0.136. The maximum atomic E-state index is 11.3. The van der Waals surface area contributed by atoms with Crippen LogP contribution in [0, 0.1) is 0 Å². The fraction of sp³-hybridized carbons (Fsp3) is 0.875. The molecule has 4 heteroatoms. The maximum Gasteiger partial charge on any atom is 0.238 e. The van der Waals surface area contributed by atoms with Crippen LogP contribution in [0.25, 0.3) is 0 Å². The number of carbonyl (C=O) groups excluding carboxylic acids is 1. The molecule has 0 aromatic heterocycles. The van der Waals surface area contributed by atoms with Gasteiger partial charge in [-0.2, -0.15) is 0 Å². The number of amides is 1. The first kappa shape index (κ1) is 8.01. The monoisotopic (exact) mass is 169 g/mol. The van der Waals surface area contributed by atoms with Crippen molar-refractivity contribution in [1.82, 2.24) is 16.0 Å². The number of carbonyl (C=O) groups is 1. The van der Waals surface area contributed by atoms with Crippen LogP contribution in [0.4, 0.5) is 0 Å². The summed E-state index contributed by atoms with van der Waals surface area (Å²) in [5.41, 5.74) is -0.0955. The van der Waals surface area contributed by atoms with E-state index in [-0.39, 0.29) is 17.6 Å². The molecule has 2 rings (SSSR count). The zero-order chi connectivity index (χ0) is 8.60. The predicted octanol–water partition coefficient (Wildman–Crippen LogP) is -0.826. The van der Waals surface area contributed by atoms with Gasteiger partial charge in [-0.05, 0) is 32.9 Å². The third-order valence-corrected chi connectivity index (χ3v) is 2.71. The summed E-state index contributed by atoms with van der Waals surface area (Å²) >= 11 is 0. The average molecular weight is 169 g/mol. The van der Waals surface area contributed by atoms with Gasteiger partial charge in [0, 0.05) is 0 Å². The van der Waals surface area contributed by atoms with Crippen molar-refractivity contribution >= 4 is 5.91 Å². The largest absolute Gasteiger partial charge is 0.337 e. The predicted molar refractivity (Wildman–Crippen MR) is 45.6 cm³/mol. The van der Waals surface area contributed by atoms with Crippen molar-refractivity contribution in [3.8, 4) is 0 Å². The molecule has 0 aromatic rings. The lowest BCUT2D eigenvalue weighted by Crippen LogP contribution is -2.56. The van der Waals surface area contributed by atoms with Crippen LogP contribution in [0.3, 0.4) is 0 Å². The lowest BCUT2D eigenvalue weighted by atomic mass is 9.99. The van der Waals surface area contributed by atoms with Gasteiger partial charge in [-0.15, -0.1) is 0 Å². The molecule has 2 fully saturated rings. The molecular weight excluding hydrogens is 154 g/mol. The summed E-state index contributed by atoms with van der Waals surface area (Å²) in [7, 11) is 0. The molecule has 0 bridgehead atoms. The summed E-state index contributed by atoms with van der Waals surface area (Å²) in [6.45, 7) is 3.88. The van der Waals surface area contributed by atoms with E-state index in [1.807, 2.05) is 6.92 Å². The first-order chi connectivity index (χ1) is 5.72. The Morgan fingerprint density at radius 1 is 1.42 bits per heavy atom. The molecule has 0 aromatic carbocycles. The molecule has 2 aliphatic heterocycles. The Balaban J connectivity index is 2.07. The second kappa shape index (κ2) is 2.71. The first-order valence-corrected chi connectivity index (χ1v) is 4.52. The lowest BCUT2D eigenvalue weighted by molar-refractivity contribution is -0.120. The van der Waals surface area contributed by atoms with Crippen molar-refractivity contribution in [2.45, 2.75) is 31.5 Å². The summed E-state index contributed by atoms with van der Waals surface area (Å²) in [4.78, 5) is 11.3. The Morgan fingerprint density at radius 2 is 2.08 bits per heavy atom. The van der Waals surface area contributed by atoms with Gasteiger partial charge in [0.05, 0.1) is 11.7 Å². The van der Waals surface area contributed by atoms with Gasteiger partial charge in [-0.25, -0.2) is 0 Å². The molecule has 4 nitrogen and oxygen atoms in total. The van der Waals surface area contributed by atoms with E-state index < -0.39 is 0 Å². The summed E-state index contributed by atoms with van der Waals surface area (Å²) < 4.78 is 0. The van der Waals surface area contributed by atoms with Gasteiger partial charge in [0.25, 0.3) is 0 Å². The highest BCUT2D eigenvalue weighted by Gasteiger charge is 2.41. The Kier molecular flexibility index (Phi) is 1.81. The fourth-order valence-corrected chi connectivity index (χ4v) is 1.98. The summed E-state index contributed by atoms with van der Waals surface area (Å²) in [6, 6.07) is -0.0249. The van der Waals surface area contributed by atoms with Crippen LogP contribution in [-0.4, -0.2) is 30.7 Å². The van der Waals surface area contributed by atoms with Crippen LogP contribution in [-0.2, 0) is 4.79 Å². The third kappa shape index (κ3) is 1.21. The van der Waals surface area contributed by atoms with E-state index in [4.69, 9.17) is 0 Å². The zero-order valence-electron chi connectivity index (χ0n) is 7.31. The van der Waals surface area contributed by atoms with Gasteiger partial charge in [0.15, 0.2) is 0 Å². The number of rotatable bonds is 0. The molecule has 1 amide bonds. The minimum absolute atomic E-state index is 0.0249. The Morgan fingerprint density at radius 3 is 2.58 bits per heavy atom. The standard InChI is InChI=1S/C8H15N3O/c1-6-7(12)11-8(10-6)2-4-9-5-3-8/h6,9-10H,2-5H2,1H3,(H,11,12). The van der Waals surface area contributed by atoms with E-state index in [2.05, 4.69) is 16.0 Å². The van der Waals surface area contributed by atoms with Crippen LogP contribution in [0.15, 0.2) is 0 Å². The van der Waals surface area contributed by atoms with Gasteiger partial charge < -0.3 is 10.6 Å². The highest BCUT2D eigenvalue weighted by atomic mass is 16.2. The summed E-state index contributed by atoms with van der Waals surface area (Å²) in [6.07, 6.45) is 1.98. The molecule has 2 saturated heterocycles. The molecule has 3 N–H and O–H groups in total. The lowest BCUT2D eigenvalue weighted by Gasteiger charge is -2.34. The van der Waals surface area contributed by atoms with Crippen LogP contribution in [0.5, 0.6) is 0 Å². The van der Waals surface area contributed by atoms with Crippen molar-refractivity contribution in [3.63, 3.8) is 0 Å². The zero-order valence-corrected chi connectivity index (χ0v) is 7.31. The van der Waals surface area contributed by atoms with Gasteiger partial charge in [-0.1, -0.05) is 0 Å². The maximum absolute atomic E-state index is 11.3. The third-order valence-electron chi connectivity index (χ3n) is 2.71. The second-order valence-corrected chi connectivity index (χ2v) is 3.69. The van der Waals surface area contributed by atoms with Crippen molar-refractivity contribution in [1.29, 1.82) is 0 Å². The van der Waals surface area contributed by atoms with Crippen LogP contribution < -0.4 is 16.0 Å². The van der Waals surface area contributed by atoms with Crippen LogP contribution in [0.1, 0.15) is 19.8 Å². The average Bonchev–Trinajstić information content (AvgIpc) is 2.29. The van der Waals surface area contributed by atoms with Crippen molar-refractivity contribution < 1.29 is 4.79 Å². The number of nitrogens with one attached hydrogen (secondary N) is 3. The van der Waals surface area contributed by atoms with E-state index in [1.54, 1.807) is 0 Å². The molecule has 1 unspecified atom stereocenters. The van der Waals surface area contributed by atoms with E-state index in [0.717, 1.165) is 25.9 Å². The van der Waals surface area contributed by atoms with Gasteiger partial charge >= 0.3 is 0 Å². The van der Waals surface area contributed by atoms with Gasteiger partial charge in [-0.3, -0.25) is 10.1 Å². The Labute approximate surface area is 72.1 Å². The normalized spacial score (nSPS) is 33.8. The van der Waals surface area contributed by atoms with E-state index in [0.29, 0.717) is 0 Å². The van der Waals surface area contributed by atoms with E-state index >= 15 is 0 Å². The number of hydrogen-bond acceptors (Lipinski definition) is 3. The molecule has 2 aliphatic rings. The van der Waals surface area contributed by atoms with Crippen molar-refractivity contribution in [2.24, 2.45) is 0 Å². The smallest absolute Gasteiger partial charge is 0.238 e. The molecule has 0 radical (unpaired) electrons. The molecular formula is C8H15N3O. The van der Waals surface area contributed by atoms with E-state index in [1.165, 1.54) is 0 Å². The highest BCUT2D eigenvalue weighted by molar-refractivity contribution is 5.84. The number of piperidine rings is 1. The quantitative estimate of drug-likeness (QED) is 0.444. The van der Waals surface area contributed by atoms with Gasteiger partial charge in [0.2, 0.25) is 5.91 Å². The van der Waals surface area contributed by atoms with Crippen molar-refractivity contribution in [3.05, 3.63) is 0 Å². The molecule has 1 spiro atoms. The molecule has 2 heterocycles. The first-order valence-electron chi connectivity index (χ1n) is 4.52. The number of hydrogen-bond donors (Lipinski definition) is 3. The fourth-order valence-electron chi connectivity index (χ4n) is 1.98. The molecule has 0 saturated carbocycles. The molecule has 12 heavy (non-hydrogen) atoms. The van der Waals surface area contributed by atoms with Gasteiger partial charge in [0.1, 0.15) is 0 Å².